The summed E-state index contributed by atoms with van der Waals surface area (Å²) < 4.78 is 48.0. The normalized spacial score (nSPS) is 16.7. The summed E-state index contributed by atoms with van der Waals surface area (Å²) in [5.74, 6) is -1.02. The van der Waals surface area contributed by atoms with Gasteiger partial charge in [0.05, 0.1) is 18.4 Å². The van der Waals surface area contributed by atoms with Crippen LogP contribution in [0.3, 0.4) is 0 Å². The first-order valence-electron chi connectivity index (χ1n) is 5.38. The molecule has 0 amide bonds. The SMILES string of the molecule is Cc1csc([C@H](OC(=O)C2=COCC2)C(F)(F)F)n1. The summed E-state index contributed by atoms with van der Waals surface area (Å²) in [4.78, 5) is 15.3. The summed E-state index contributed by atoms with van der Waals surface area (Å²) >= 11 is 0.810. The minimum Gasteiger partial charge on any atom is -0.500 e. The van der Waals surface area contributed by atoms with E-state index in [2.05, 4.69) is 9.72 Å². The topological polar surface area (TPSA) is 48.4 Å². The Labute approximate surface area is 110 Å². The van der Waals surface area contributed by atoms with Crippen LogP contribution in [-0.4, -0.2) is 23.7 Å². The standard InChI is InChI=1S/C11H10F3NO3S/c1-6-5-19-9(15-6)8(11(12,13)14)18-10(16)7-2-3-17-4-7/h4-5,8H,2-3H2,1H3/t8-/m0/s1. The predicted molar refractivity (Wildman–Crippen MR) is 60.4 cm³/mol. The van der Waals surface area contributed by atoms with Gasteiger partial charge in [0.1, 0.15) is 5.01 Å². The van der Waals surface area contributed by atoms with Gasteiger partial charge in [-0.2, -0.15) is 13.2 Å². The fourth-order valence-electron chi connectivity index (χ4n) is 1.47. The molecule has 2 rings (SSSR count). The van der Waals surface area contributed by atoms with Gasteiger partial charge in [0.25, 0.3) is 0 Å². The van der Waals surface area contributed by atoms with Crippen molar-refractivity contribution in [3.63, 3.8) is 0 Å². The third-order valence-electron chi connectivity index (χ3n) is 2.36. The van der Waals surface area contributed by atoms with E-state index in [4.69, 9.17) is 4.74 Å². The van der Waals surface area contributed by atoms with E-state index in [1.807, 2.05) is 0 Å². The van der Waals surface area contributed by atoms with Crippen LogP contribution in [0.15, 0.2) is 17.2 Å². The Bertz CT molecular complexity index is 510. The molecule has 19 heavy (non-hydrogen) atoms. The van der Waals surface area contributed by atoms with E-state index in [0.717, 1.165) is 17.6 Å². The number of thiazole rings is 1. The number of carbonyl (C=O) groups excluding carboxylic acids is 1. The largest absolute Gasteiger partial charge is 0.500 e. The molecule has 4 nitrogen and oxygen atoms in total. The van der Waals surface area contributed by atoms with Crippen LogP contribution >= 0.6 is 11.3 Å². The number of rotatable bonds is 3. The number of hydrogen-bond donors (Lipinski definition) is 0. The van der Waals surface area contributed by atoms with Crippen molar-refractivity contribution in [2.75, 3.05) is 6.61 Å². The van der Waals surface area contributed by atoms with E-state index in [1.165, 1.54) is 5.38 Å². The summed E-state index contributed by atoms with van der Waals surface area (Å²) in [7, 11) is 0. The summed E-state index contributed by atoms with van der Waals surface area (Å²) in [6.07, 6.45) is -5.65. The lowest BCUT2D eigenvalue weighted by Crippen LogP contribution is -2.26. The summed E-state index contributed by atoms with van der Waals surface area (Å²) in [5, 5.41) is 1.19. The van der Waals surface area contributed by atoms with Gasteiger partial charge in [-0.15, -0.1) is 11.3 Å². The molecule has 8 heteroatoms. The molecular weight excluding hydrogens is 283 g/mol. The maximum Gasteiger partial charge on any atom is 0.432 e. The molecule has 0 spiro atoms. The van der Waals surface area contributed by atoms with Gasteiger partial charge in [-0.3, -0.25) is 0 Å². The molecular formula is C11H10F3NO3S. The van der Waals surface area contributed by atoms with Crippen LogP contribution in [0.4, 0.5) is 13.2 Å². The average Bonchev–Trinajstić information content (AvgIpc) is 2.94. The van der Waals surface area contributed by atoms with Crippen molar-refractivity contribution < 1.29 is 27.4 Å². The second kappa shape index (κ2) is 5.20. The lowest BCUT2D eigenvalue weighted by Gasteiger charge is -2.18. The molecule has 0 N–H and O–H groups in total. The minimum absolute atomic E-state index is 0.0996. The molecule has 1 aliphatic heterocycles. The molecule has 0 fully saturated rings. The number of esters is 1. The number of hydrogen-bond acceptors (Lipinski definition) is 5. The third-order valence-corrected chi connectivity index (χ3v) is 3.37. The average molecular weight is 293 g/mol. The molecule has 0 unspecified atom stereocenters. The number of aromatic nitrogens is 1. The summed E-state index contributed by atoms with van der Waals surface area (Å²) in [6, 6.07) is 0. The summed E-state index contributed by atoms with van der Waals surface area (Å²) in [5.41, 5.74) is 0.552. The van der Waals surface area contributed by atoms with Gasteiger partial charge in [0, 0.05) is 17.5 Å². The Kier molecular flexibility index (Phi) is 3.79. The second-order valence-electron chi connectivity index (χ2n) is 3.92. The molecule has 0 aromatic carbocycles. The zero-order chi connectivity index (χ0) is 14.0. The fraction of sp³-hybridized carbons (Fsp3) is 0.455. The number of nitrogens with zero attached hydrogens (tertiary/aromatic N) is 1. The van der Waals surface area contributed by atoms with E-state index >= 15 is 0 Å². The van der Waals surface area contributed by atoms with Gasteiger partial charge in [-0.05, 0) is 6.92 Å². The highest BCUT2D eigenvalue weighted by molar-refractivity contribution is 7.09. The van der Waals surface area contributed by atoms with Crippen molar-refractivity contribution in [2.45, 2.75) is 25.6 Å². The highest BCUT2D eigenvalue weighted by atomic mass is 32.1. The maximum atomic E-state index is 12.9. The van der Waals surface area contributed by atoms with Crippen molar-refractivity contribution in [1.29, 1.82) is 0 Å². The van der Waals surface area contributed by atoms with Gasteiger partial charge < -0.3 is 9.47 Å². The Morgan fingerprint density at radius 2 is 2.32 bits per heavy atom. The van der Waals surface area contributed by atoms with E-state index in [0.29, 0.717) is 5.69 Å². The molecule has 0 saturated heterocycles. The highest BCUT2D eigenvalue weighted by Crippen LogP contribution is 2.38. The fourth-order valence-corrected chi connectivity index (χ4v) is 2.32. The molecule has 1 aromatic heterocycles. The van der Waals surface area contributed by atoms with E-state index in [-0.39, 0.29) is 23.6 Å². The van der Waals surface area contributed by atoms with Crippen LogP contribution in [0, 0.1) is 6.92 Å². The zero-order valence-corrected chi connectivity index (χ0v) is 10.7. The van der Waals surface area contributed by atoms with E-state index < -0.39 is 18.2 Å². The van der Waals surface area contributed by atoms with Crippen LogP contribution in [0.25, 0.3) is 0 Å². The quantitative estimate of drug-likeness (QED) is 0.804. The molecule has 1 atom stereocenters. The van der Waals surface area contributed by atoms with Crippen molar-refractivity contribution in [2.24, 2.45) is 0 Å². The number of carbonyl (C=O) groups is 1. The second-order valence-corrected chi connectivity index (χ2v) is 4.81. The van der Waals surface area contributed by atoms with Gasteiger partial charge in [-0.25, -0.2) is 9.78 Å². The van der Waals surface area contributed by atoms with Crippen molar-refractivity contribution in [3.05, 3.63) is 27.9 Å². The van der Waals surface area contributed by atoms with E-state index in [9.17, 15) is 18.0 Å². The van der Waals surface area contributed by atoms with Crippen LogP contribution < -0.4 is 0 Å². The molecule has 104 valence electrons. The smallest absolute Gasteiger partial charge is 0.432 e. The van der Waals surface area contributed by atoms with Gasteiger partial charge in [-0.1, -0.05) is 0 Å². The number of aryl methyl sites for hydroxylation is 1. The molecule has 1 aliphatic rings. The minimum atomic E-state index is -4.69. The lowest BCUT2D eigenvalue weighted by molar-refractivity contribution is -0.222. The van der Waals surface area contributed by atoms with Crippen LogP contribution in [0.5, 0.6) is 0 Å². The predicted octanol–water partition coefficient (Wildman–Crippen LogP) is 2.90. The first kappa shape index (κ1) is 13.9. The number of halogens is 3. The zero-order valence-electron chi connectivity index (χ0n) is 9.86. The molecule has 0 aliphatic carbocycles. The van der Waals surface area contributed by atoms with Gasteiger partial charge in [0.15, 0.2) is 0 Å². The number of alkyl halides is 3. The van der Waals surface area contributed by atoms with E-state index in [1.54, 1.807) is 6.92 Å². The lowest BCUT2D eigenvalue weighted by atomic mass is 10.2. The molecule has 0 radical (unpaired) electrons. The molecule has 2 heterocycles. The highest BCUT2D eigenvalue weighted by Gasteiger charge is 2.46. The van der Waals surface area contributed by atoms with Crippen LogP contribution in [-0.2, 0) is 14.3 Å². The Balaban J connectivity index is 2.17. The monoisotopic (exact) mass is 293 g/mol. The first-order chi connectivity index (χ1) is 8.88. The molecule has 0 bridgehead atoms. The Morgan fingerprint density at radius 3 is 2.79 bits per heavy atom. The van der Waals surface area contributed by atoms with Crippen molar-refractivity contribution in [3.8, 4) is 0 Å². The first-order valence-corrected chi connectivity index (χ1v) is 6.26. The number of ether oxygens (including phenoxy) is 2. The third kappa shape index (κ3) is 3.25. The van der Waals surface area contributed by atoms with Crippen molar-refractivity contribution >= 4 is 17.3 Å². The van der Waals surface area contributed by atoms with Crippen molar-refractivity contribution in [1.82, 2.24) is 4.98 Å². The molecule has 1 aromatic rings. The van der Waals surface area contributed by atoms with Gasteiger partial charge in [0.2, 0.25) is 6.10 Å². The summed E-state index contributed by atoms with van der Waals surface area (Å²) in [6.45, 7) is 1.85. The van der Waals surface area contributed by atoms with Crippen LogP contribution in [0.2, 0.25) is 0 Å². The van der Waals surface area contributed by atoms with Gasteiger partial charge >= 0.3 is 12.1 Å². The van der Waals surface area contributed by atoms with Crippen LogP contribution in [0.1, 0.15) is 23.2 Å². The maximum absolute atomic E-state index is 12.9. The Hall–Kier alpha value is -1.57. The molecule has 0 saturated carbocycles. The Morgan fingerprint density at radius 1 is 1.58 bits per heavy atom.